The molecule has 2 N–H and O–H groups in total. The Morgan fingerprint density at radius 1 is 1.32 bits per heavy atom. The van der Waals surface area contributed by atoms with Crippen LogP contribution in [0.15, 0.2) is 24.3 Å². The molecule has 2 aliphatic heterocycles. The molecule has 0 spiro atoms. The molecule has 2 aliphatic rings. The Balaban J connectivity index is 1.41. The molecule has 0 aliphatic carbocycles. The first-order valence-corrected chi connectivity index (χ1v) is 8.21. The van der Waals surface area contributed by atoms with Crippen molar-refractivity contribution in [2.45, 2.75) is 31.7 Å². The van der Waals surface area contributed by atoms with Gasteiger partial charge in [0.15, 0.2) is 0 Å². The van der Waals surface area contributed by atoms with E-state index in [9.17, 15) is 9.18 Å². The zero-order valence-corrected chi connectivity index (χ0v) is 12.9. The Morgan fingerprint density at radius 3 is 2.86 bits per heavy atom. The minimum Gasteiger partial charge on any atom is -0.371 e. The van der Waals surface area contributed by atoms with Crippen LogP contribution in [0.2, 0.25) is 0 Å². The van der Waals surface area contributed by atoms with Gasteiger partial charge in [-0.2, -0.15) is 0 Å². The van der Waals surface area contributed by atoms with Gasteiger partial charge in [0.05, 0.1) is 0 Å². The summed E-state index contributed by atoms with van der Waals surface area (Å²) in [6.07, 6.45) is 3.94. The number of hydrogen-bond acceptors (Lipinski definition) is 3. The average molecular weight is 305 g/mol. The molecule has 1 aromatic rings. The molecule has 2 atom stereocenters. The molecule has 4 nitrogen and oxygen atoms in total. The van der Waals surface area contributed by atoms with Crippen LogP contribution in [0, 0.1) is 11.7 Å². The van der Waals surface area contributed by atoms with Crippen molar-refractivity contribution in [3.63, 3.8) is 0 Å². The molecule has 0 aromatic heterocycles. The standard InChI is InChI=1S/C17H24FN3O/c18-14-3-5-16(6-4-14)21-9-7-13(12-21)11-20-17(22)10-15-2-1-8-19-15/h3-6,13,15,19H,1-2,7-12H2,(H,20,22). The Morgan fingerprint density at radius 2 is 2.14 bits per heavy atom. The van der Waals surface area contributed by atoms with Crippen molar-refractivity contribution < 1.29 is 9.18 Å². The number of halogens is 1. The summed E-state index contributed by atoms with van der Waals surface area (Å²) in [7, 11) is 0. The molecule has 5 heteroatoms. The van der Waals surface area contributed by atoms with Crippen molar-refractivity contribution in [1.82, 2.24) is 10.6 Å². The fourth-order valence-electron chi connectivity index (χ4n) is 3.37. The first-order valence-electron chi connectivity index (χ1n) is 8.21. The first kappa shape index (κ1) is 15.3. The normalized spacial score (nSPS) is 24.7. The molecule has 3 rings (SSSR count). The quantitative estimate of drug-likeness (QED) is 0.873. The first-order chi connectivity index (χ1) is 10.7. The Bertz CT molecular complexity index is 499. The number of carbonyl (C=O) groups excluding carboxylic acids is 1. The predicted molar refractivity (Wildman–Crippen MR) is 85.4 cm³/mol. The van der Waals surface area contributed by atoms with Crippen LogP contribution in [0.25, 0.3) is 0 Å². The van der Waals surface area contributed by atoms with Gasteiger partial charge in [0.2, 0.25) is 5.91 Å². The Labute approximate surface area is 131 Å². The lowest BCUT2D eigenvalue weighted by atomic mass is 10.1. The van der Waals surface area contributed by atoms with Gasteiger partial charge in [-0.15, -0.1) is 0 Å². The Kier molecular flexibility index (Phi) is 4.93. The second kappa shape index (κ2) is 7.09. The maximum atomic E-state index is 13.0. The van der Waals surface area contributed by atoms with Crippen molar-refractivity contribution in [3.05, 3.63) is 30.1 Å². The van der Waals surface area contributed by atoms with E-state index in [4.69, 9.17) is 0 Å². The largest absolute Gasteiger partial charge is 0.371 e. The molecule has 120 valence electrons. The van der Waals surface area contributed by atoms with E-state index in [1.54, 1.807) is 0 Å². The second-order valence-electron chi connectivity index (χ2n) is 6.38. The van der Waals surface area contributed by atoms with Crippen molar-refractivity contribution in [2.24, 2.45) is 5.92 Å². The fraction of sp³-hybridized carbons (Fsp3) is 0.588. The molecule has 0 bridgehead atoms. The number of hydrogen-bond donors (Lipinski definition) is 2. The van der Waals surface area contributed by atoms with Gasteiger partial charge in [-0.1, -0.05) is 0 Å². The molecule has 2 heterocycles. The molecule has 0 saturated carbocycles. The highest BCUT2D eigenvalue weighted by atomic mass is 19.1. The number of amides is 1. The van der Waals surface area contributed by atoms with Gasteiger partial charge >= 0.3 is 0 Å². The van der Waals surface area contributed by atoms with Gasteiger partial charge in [0.1, 0.15) is 5.82 Å². The fourth-order valence-corrected chi connectivity index (χ4v) is 3.37. The average Bonchev–Trinajstić information content (AvgIpc) is 3.17. The van der Waals surface area contributed by atoms with Gasteiger partial charge in [-0.05, 0) is 56.0 Å². The summed E-state index contributed by atoms with van der Waals surface area (Å²) < 4.78 is 13.0. The summed E-state index contributed by atoms with van der Waals surface area (Å²) >= 11 is 0. The predicted octanol–water partition coefficient (Wildman–Crippen LogP) is 1.91. The summed E-state index contributed by atoms with van der Waals surface area (Å²) in [5, 5.41) is 6.42. The number of anilines is 1. The minimum absolute atomic E-state index is 0.152. The molecule has 1 amide bonds. The van der Waals surface area contributed by atoms with E-state index in [1.807, 2.05) is 12.1 Å². The molecule has 22 heavy (non-hydrogen) atoms. The summed E-state index contributed by atoms with van der Waals surface area (Å²) in [5.41, 5.74) is 1.06. The second-order valence-corrected chi connectivity index (χ2v) is 6.38. The van der Waals surface area contributed by atoms with E-state index in [-0.39, 0.29) is 11.7 Å². The topological polar surface area (TPSA) is 44.4 Å². The molecular weight excluding hydrogens is 281 g/mol. The van der Waals surface area contributed by atoms with E-state index in [0.29, 0.717) is 18.4 Å². The monoisotopic (exact) mass is 305 g/mol. The number of nitrogens with one attached hydrogen (secondary N) is 2. The summed E-state index contributed by atoms with van der Waals surface area (Å²) in [6.45, 7) is 3.67. The van der Waals surface area contributed by atoms with Crippen molar-refractivity contribution >= 4 is 11.6 Å². The smallest absolute Gasteiger partial charge is 0.221 e. The van der Waals surface area contributed by atoms with Gasteiger partial charge in [0.25, 0.3) is 0 Å². The molecule has 1 aromatic carbocycles. The maximum absolute atomic E-state index is 13.0. The van der Waals surface area contributed by atoms with Crippen LogP contribution in [0.5, 0.6) is 0 Å². The SMILES string of the molecule is O=C(CC1CCCN1)NCC1CCN(c2ccc(F)cc2)C1. The lowest BCUT2D eigenvalue weighted by Crippen LogP contribution is -2.35. The molecule has 0 radical (unpaired) electrons. The molecule has 2 unspecified atom stereocenters. The van der Waals surface area contributed by atoms with Crippen LogP contribution in [-0.4, -0.2) is 38.1 Å². The molecule has 2 saturated heterocycles. The number of carbonyl (C=O) groups is 1. The van der Waals surface area contributed by atoms with E-state index >= 15 is 0 Å². The zero-order valence-electron chi connectivity index (χ0n) is 12.9. The van der Waals surface area contributed by atoms with Crippen molar-refractivity contribution in [2.75, 3.05) is 31.1 Å². The lowest BCUT2D eigenvalue weighted by molar-refractivity contribution is -0.121. The van der Waals surface area contributed by atoms with Gasteiger partial charge in [0, 0.05) is 37.8 Å². The van der Waals surface area contributed by atoms with Gasteiger partial charge < -0.3 is 15.5 Å². The van der Waals surface area contributed by atoms with Crippen LogP contribution in [-0.2, 0) is 4.79 Å². The van der Waals surface area contributed by atoms with Crippen LogP contribution in [0.1, 0.15) is 25.7 Å². The van der Waals surface area contributed by atoms with E-state index in [2.05, 4.69) is 15.5 Å². The molecule has 2 fully saturated rings. The number of rotatable bonds is 5. The highest BCUT2D eigenvalue weighted by Crippen LogP contribution is 2.23. The zero-order chi connectivity index (χ0) is 15.4. The van der Waals surface area contributed by atoms with E-state index in [1.165, 1.54) is 18.6 Å². The lowest BCUT2D eigenvalue weighted by Gasteiger charge is -2.19. The summed E-state index contributed by atoms with van der Waals surface area (Å²) in [4.78, 5) is 14.2. The Hall–Kier alpha value is -1.62. The maximum Gasteiger partial charge on any atom is 0.221 e. The van der Waals surface area contributed by atoms with E-state index < -0.39 is 0 Å². The highest BCUT2D eigenvalue weighted by molar-refractivity contribution is 5.76. The number of benzene rings is 1. The highest BCUT2D eigenvalue weighted by Gasteiger charge is 2.24. The third-order valence-corrected chi connectivity index (χ3v) is 4.66. The van der Waals surface area contributed by atoms with Crippen LogP contribution >= 0.6 is 0 Å². The van der Waals surface area contributed by atoms with Crippen LogP contribution < -0.4 is 15.5 Å². The van der Waals surface area contributed by atoms with Crippen molar-refractivity contribution in [3.8, 4) is 0 Å². The minimum atomic E-state index is -0.202. The van der Waals surface area contributed by atoms with E-state index in [0.717, 1.165) is 44.7 Å². The molecular formula is C17H24FN3O. The van der Waals surface area contributed by atoms with Crippen molar-refractivity contribution in [1.29, 1.82) is 0 Å². The van der Waals surface area contributed by atoms with Gasteiger partial charge in [-0.25, -0.2) is 4.39 Å². The third-order valence-electron chi connectivity index (χ3n) is 4.66. The van der Waals surface area contributed by atoms with Crippen LogP contribution in [0.4, 0.5) is 10.1 Å². The summed E-state index contributed by atoms with van der Waals surface area (Å²) in [5.74, 6) is 0.428. The van der Waals surface area contributed by atoms with Gasteiger partial charge in [-0.3, -0.25) is 4.79 Å². The third kappa shape index (κ3) is 3.97. The summed E-state index contributed by atoms with van der Waals surface area (Å²) in [6, 6.07) is 7.00. The number of nitrogens with zero attached hydrogens (tertiary/aromatic N) is 1. The van der Waals surface area contributed by atoms with Crippen LogP contribution in [0.3, 0.4) is 0 Å².